The fourth-order valence-corrected chi connectivity index (χ4v) is 2.02. The highest BCUT2D eigenvalue weighted by Gasteiger charge is 2.07. The third-order valence-corrected chi connectivity index (χ3v) is 3.01. The average Bonchev–Trinajstić information content (AvgIpc) is 2.42. The molecule has 1 atom stereocenters. The summed E-state index contributed by atoms with van der Waals surface area (Å²) in [6.07, 6.45) is 1.11. The smallest absolute Gasteiger partial charge is 0.0320 e. The second-order valence-corrected chi connectivity index (χ2v) is 4.24. The molecule has 0 heterocycles. The first kappa shape index (κ1) is 14.7. The van der Waals surface area contributed by atoms with Gasteiger partial charge in [-0.05, 0) is 17.5 Å². The Hall–Kier alpha value is -1.31. The second-order valence-electron chi connectivity index (χ2n) is 4.24. The van der Waals surface area contributed by atoms with Crippen molar-refractivity contribution < 1.29 is 0 Å². The highest BCUT2D eigenvalue weighted by molar-refractivity contribution is 5.85. The number of nitrogens with one attached hydrogen (secondary N) is 1. The lowest BCUT2D eigenvalue weighted by Gasteiger charge is -2.17. The molecule has 0 spiro atoms. The van der Waals surface area contributed by atoms with Crippen molar-refractivity contribution in [2.24, 2.45) is 0 Å². The molecule has 1 N–H and O–H groups in total. The van der Waals surface area contributed by atoms with Gasteiger partial charge in [0.1, 0.15) is 0 Å². The summed E-state index contributed by atoms with van der Waals surface area (Å²) in [4.78, 5) is 0. The lowest BCUT2D eigenvalue weighted by Crippen LogP contribution is -2.20. The fourth-order valence-electron chi connectivity index (χ4n) is 2.02. The number of hydrogen-bond acceptors (Lipinski definition) is 1. The van der Waals surface area contributed by atoms with E-state index in [9.17, 15) is 0 Å². The molecule has 0 radical (unpaired) electrons. The van der Waals surface area contributed by atoms with Crippen molar-refractivity contribution in [1.29, 1.82) is 0 Å². The Labute approximate surface area is 116 Å². The quantitative estimate of drug-likeness (QED) is 0.844. The third kappa shape index (κ3) is 4.17. The zero-order chi connectivity index (χ0) is 11.9. The molecule has 0 aliphatic rings. The summed E-state index contributed by atoms with van der Waals surface area (Å²) in [5, 5.41) is 3.60. The molecule has 0 fully saturated rings. The number of benzene rings is 2. The van der Waals surface area contributed by atoms with Crippen LogP contribution >= 0.6 is 12.4 Å². The molecule has 2 aromatic rings. The Kier molecular flexibility index (Phi) is 6.48. The summed E-state index contributed by atoms with van der Waals surface area (Å²) < 4.78 is 0. The van der Waals surface area contributed by atoms with Crippen molar-refractivity contribution in [2.45, 2.75) is 25.9 Å². The van der Waals surface area contributed by atoms with Crippen molar-refractivity contribution in [3.8, 4) is 0 Å². The summed E-state index contributed by atoms with van der Waals surface area (Å²) in [5.41, 5.74) is 2.70. The van der Waals surface area contributed by atoms with Crippen LogP contribution in [0.5, 0.6) is 0 Å². The molecule has 1 unspecified atom stereocenters. The molecule has 0 aliphatic heterocycles. The van der Waals surface area contributed by atoms with Gasteiger partial charge >= 0.3 is 0 Å². The SMILES string of the molecule is CCC(NCc1ccccc1)c1ccccc1.Cl. The Morgan fingerprint density at radius 3 is 2.00 bits per heavy atom. The van der Waals surface area contributed by atoms with Gasteiger partial charge in [-0.3, -0.25) is 0 Å². The van der Waals surface area contributed by atoms with Gasteiger partial charge in [-0.2, -0.15) is 0 Å². The molecule has 2 aromatic carbocycles. The summed E-state index contributed by atoms with van der Waals surface area (Å²) in [6.45, 7) is 3.14. The van der Waals surface area contributed by atoms with E-state index in [-0.39, 0.29) is 12.4 Å². The predicted octanol–water partition coefficient (Wildman–Crippen LogP) is 4.35. The lowest BCUT2D eigenvalue weighted by atomic mass is 10.0. The van der Waals surface area contributed by atoms with Gasteiger partial charge in [0.05, 0.1) is 0 Å². The van der Waals surface area contributed by atoms with E-state index >= 15 is 0 Å². The minimum atomic E-state index is 0. The summed E-state index contributed by atoms with van der Waals surface area (Å²) in [7, 11) is 0. The van der Waals surface area contributed by atoms with Crippen LogP contribution in [0.2, 0.25) is 0 Å². The third-order valence-electron chi connectivity index (χ3n) is 3.01. The zero-order valence-electron chi connectivity index (χ0n) is 10.7. The molecular weight excluding hydrogens is 242 g/mol. The first-order valence-corrected chi connectivity index (χ1v) is 6.22. The maximum absolute atomic E-state index is 3.60. The topological polar surface area (TPSA) is 12.0 Å². The maximum Gasteiger partial charge on any atom is 0.0320 e. The van der Waals surface area contributed by atoms with Gasteiger partial charge < -0.3 is 5.32 Å². The normalized spacial score (nSPS) is 11.6. The van der Waals surface area contributed by atoms with E-state index in [4.69, 9.17) is 0 Å². The van der Waals surface area contributed by atoms with E-state index in [1.807, 2.05) is 0 Å². The highest BCUT2D eigenvalue weighted by atomic mass is 35.5. The van der Waals surface area contributed by atoms with Crippen LogP contribution in [0, 0.1) is 0 Å². The summed E-state index contributed by atoms with van der Waals surface area (Å²) in [5.74, 6) is 0. The van der Waals surface area contributed by atoms with E-state index in [1.165, 1.54) is 11.1 Å². The molecule has 18 heavy (non-hydrogen) atoms. The molecule has 0 aromatic heterocycles. The molecule has 0 saturated carbocycles. The summed E-state index contributed by atoms with van der Waals surface area (Å²) in [6, 6.07) is 21.6. The van der Waals surface area contributed by atoms with Crippen LogP contribution in [0.4, 0.5) is 0 Å². The molecule has 0 bridgehead atoms. The molecule has 2 heteroatoms. The van der Waals surface area contributed by atoms with Gasteiger partial charge in [0, 0.05) is 12.6 Å². The van der Waals surface area contributed by atoms with Crippen LogP contribution in [-0.2, 0) is 6.54 Å². The highest BCUT2D eigenvalue weighted by Crippen LogP contribution is 2.16. The van der Waals surface area contributed by atoms with Gasteiger partial charge in [0.25, 0.3) is 0 Å². The monoisotopic (exact) mass is 261 g/mol. The Bertz CT molecular complexity index is 427. The van der Waals surface area contributed by atoms with Gasteiger partial charge in [-0.1, -0.05) is 67.6 Å². The first-order chi connectivity index (χ1) is 8.40. The van der Waals surface area contributed by atoms with E-state index in [0.717, 1.165) is 13.0 Å². The van der Waals surface area contributed by atoms with Crippen LogP contribution in [0.15, 0.2) is 60.7 Å². The largest absolute Gasteiger partial charge is 0.306 e. The molecule has 0 saturated heterocycles. The van der Waals surface area contributed by atoms with E-state index in [1.54, 1.807) is 0 Å². The Balaban J connectivity index is 0.00000162. The van der Waals surface area contributed by atoms with Crippen molar-refractivity contribution in [3.05, 3.63) is 71.8 Å². The molecule has 1 nitrogen and oxygen atoms in total. The molecule has 2 rings (SSSR count). The number of rotatable bonds is 5. The van der Waals surface area contributed by atoms with Crippen LogP contribution in [0.25, 0.3) is 0 Å². The molecule has 0 amide bonds. The van der Waals surface area contributed by atoms with Crippen molar-refractivity contribution in [3.63, 3.8) is 0 Å². The van der Waals surface area contributed by atoms with Crippen LogP contribution in [-0.4, -0.2) is 0 Å². The number of halogens is 1. The first-order valence-electron chi connectivity index (χ1n) is 6.22. The predicted molar refractivity (Wildman–Crippen MR) is 80.0 cm³/mol. The minimum absolute atomic E-state index is 0. The van der Waals surface area contributed by atoms with Crippen molar-refractivity contribution >= 4 is 12.4 Å². The standard InChI is InChI=1S/C16H19N.ClH/c1-2-16(15-11-7-4-8-12-15)17-13-14-9-5-3-6-10-14;/h3-12,16-17H,2,13H2,1H3;1H. The molecule has 0 aliphatic carbocycles. The van der Waals surface area contributed by atoms with Crippen LogP contribution in [0.3, 0.4) is 0 Å². The molecule has 96 valence electrons. The second kappa shape index (κ2) is 7.91. The van der Waals surface area contributed by atoms with E-state index in [2.05, 4.69) is 72.9 Å². The van der Waals surface area contributed by atoms with Crippen LogP contribution < -0.4 is 5.32 Å². The average molecular weight is 262 g/mol. The Morgan fingerprint density at radius 2 is 1.44 bits per heavy atom. The van der Waals surface area contributed by atoms with Crippen molar-refractivity contribution in [2.75, 3.05) is 0 Å². The van der Waals surface area contributed by atoms with Gasteiger partial charge in [-0.15, -0.1) is 12.4 Å². The van der Waals surface area contributed by atoms with Gasteiger partial charge in [0.2, 0.25) is 0 Å². The van der Waals surface area contributed by atoms with E-state index < -0.39 is 0 Å². The van der Waals surface area contributed by atoms with Crippen LogP contribution in [0.1, 0.15) is 30.5 Å². The maximum atomic E-state index is 3.60. The van der Waals surface area contributed by atoms with E-state index in [0.29, 0.717) is 6.04 Å². The zero-order valence-corrected chi connectivity index (χ0v) is 11.5. The summed E-state index contributed by atoms with van der Waals surface area (Å²) >= 11 is 0. The van der Waals surface area contributed by atoms with Gasteiger partial charge in [0.15, 0.2) is 0 Å². The Morgan fingerprint density at radius 1 is 0.889 bits per heavy atom. The number of hydrogen-bond donors (Lipinski definition) is 1. The molecular formula is C16H20ClN. The van der Waals surface area contributed by atoms with Gasteiger partial charge in [-0.25, -0.2) is 0 Å². The lowest BCUT2D eigenvalue weighted by molar-refractivity contribution is 0.519. The fraction of sp³-hybridized carbons (Fsp3) is 0.250. The minimum Gasteiger partial charge on any atom is -0.306 e. The van der Waals surface area contributed by atoms with Crippen molar-refractivity contribution in [1.82, 2.24) is 5.32 Å².